The molecule has 0 saturated carbocycles. The highest BCUT2D eigenvalue weighted by molar-refractivity contribution is 8.01. The Hall–Kier alpha value is -2.77. The van der Waals surface area contributed by atoms with Crippen molar-refractivity contribution in [1.29, 1.82) is 0 Å². The van der Waals surface area contributed by atoms with Gasteiger partial charge in [-0.15, -0.1) is 0 Å². The van der Waals surface area contributed by atoms with Crippen LogP contribution in [0.2, 0.25) is 0 Å². The second-order valence-corrected chi connectivity index (χ2v) is 10.1. The molecular formula is C25H25O3P. The molecule has 29 heavy (non-hydrogen) atoms. The van der Waals surface area contributed by atoms with Crippen LogP contribution in [0.1, 0.15) is 48.5 Å². The topological polar surface area (TPSA) is 51.2 Å². The molecule has 1 unspecified atom stereocenters. The molecule has 3 rings (SSSR count). The Bertz CT molecular complexity index is 1140. The van der Waals surface area contributed by atoms with Crippen LogP contribution in [0.3, 0.4) is 0 Å². The summed E-state index contributed by atoms with van der Waals surface area (Å²) in [6.07, 6.45) is 0. The first-order valence-electron chi connectivity index (χ1n) is 9.58. The lowest BCUT2D eigenvalue weighted by atomic mass is 9.99. The highest BCUT2D eigenvalue weighted by Crippen LogP contribution is 2.52. The van der Waals surface area contributed by atoms with Gasteiger partial charge in [-0.1, -0.05) is 60.7 Å². The van der Waals surface area contributed by atoms with Crippen molar-refractivity contribution in [3.8, 4) is 0 Å². The van der Waals surface area contributed by atoms with Crippen molar-refractivity contribution in [2.45, 2.75) is 34.6 Å². The molecule has 3 aromatic carbocycles. The molecule has 3 aromatic rings. The Kier molecular flexibility index (Phi) is 5.73. The van der Waals surface area contributed by atoms with Gasteiger partial charge in [-0.2, -0.15) is 0 Å². The van der Waals surface area contributed by atoms with Gasteiger partial charge in [0.15, 0.2) is 0 Å². The van der Waals surface area contributed by atoms with Crippen LogP contribution in [-0.4, -0.2) is 11.0 Å². The predicted molar refractivity (Wildman–Crippen MR) is 119 cm³/mol. The highest BCUT2D eigenvalue weighted by Gasteiger charge is 2.44. The maximum absolute atomic E-state index is 14.4. The summed E-state index contributed by atoms with van der Waals surface area (Å²) in [6, 6.07) is 17.7. The first kappa shape index (κ1) is 21.0. The zero-order valence-electron chi connectivity index (χ0n) is 17.4. The van der Waals surface area contributed by atoms with E-state index in [0.717, 1.165) is 27.8 Å². The summed E-state index contributed by atoms with van der Waals surface area (Å²) >= 11 is 0. The lowest BCUT2D eigenvalue weighted by Gasteiger charge is -2.21. The molecule has 148 valence electrons. The number of aryl methyl sites for hydroxylation is 4. The van der Waals surface area contributed by atoms with Crippen molar-refractivity contribution in [2.24, 2.45) is 0 Å². The van der Waals surface area contributed by atoms with Crippen molar-refractivity contribution < 1.29 is 14.2 Å². The first-order valence-corrected chi connectivity index (χ1v) is 11.3. The maximum Gasteiger partial charge on any atom is 0.248 e. The fraction of sp³-hybridized carbons (Fsp3) is 0.200. The summed E-state index contributed by atoms with van der Waals surface area (Å²) in [5.41, 5.74) is 3.43. The Morgan fingerprint density at radius 3 is 1.66 bits per heavy atom. The lowest BCUT2D eigenvalue weighted by molar-refractivity contribution is 0.104. The van der Waals surface area contributed by atoms with Gasteiger partial charge >= 0.3 is 0 Å². The molecular weight excluding hydrogens is 379 g/mol. The van der Waals surface area contributed by atoms with Crippen molar-refractivity contribution in [3.05, 3.63) is 99.6 Å². The largest absolute Gasteiger partial charge is 0.302 e. The van der Waals surface area contributed by atoms with Gasteiger partial charge in [-0.3, -0.25) is 9.59 Å². The van der Waals surface area contributed by atoms with Gasteiger partial charge in [-0.25, -0.2) is 0 Å². The van der Waals surface area contributed by atoms with E-state index in [9.17, 15) is 14.2 Å². The van der Waals surface area contributed by atoms with Crippen molar-refractivity contribution in [3.63, 3.8) is 0 Å². The van der Waals surface area contributed by atoms with E-state index >= 15 is 0 Å². The number of rotatable bonds is 5. The third kappa shape index (κ3) is 3.52. The van der Waals surface area contributed by atoms with E-state index in [0.29, 0.717) is 11.1 Å². The number of benzene rings is 3. The average molecular weight is 404 g/mol. The predicted octanol–water partition coefficient (Wildman–Crippen LogP) is 5.90. The molecule has 0 heterocycles. The zero-order valence-corrected chi connectivity index (χ0v) is 18.3. The third-order valence-corrected chi connectivity index (χ3v) is 8.16. The Morgan fingerprint density at radius 1 is 0.586 bits per heavy atom. The molecule has 0 bridgehead atoms. The first-order chi connectivity index (χ1) is 13.7. The molecule has 0 amide bonds. The van der Waals surface area contributed by atoms with E-state index in [1.165, 1.54) is 0 Å². The smallest absolute Gasteiger partial charge is 0.248 e. The van der Waals surface area contributed by atoms with Crippen LogP contribution in [0.5, 0.6) is 0 Å². The van der Waals surface area contributed by atoms with E-state index in [2.05, 4.69) is 0 Å². The van der Waals surface area contributed by atoms with Gasteiger partial charge in [-0.05, 0) is 62.4 Å². The summed E-state index contributed by atoms with van der Waals surface area (Å²) in [6.45, 7) is 9.19. The van der Waals surface area contributed by atoms with E-state index in [4.69, 9.17) is 0 Å². The number of carbonyl (C=O) groups excluding carboxylic acids is 2. The third-order valence-electron chi connectivity index (χ3n) is 5.54. The number of hydrogen-bond donors (Lipinski definition) is 0. The fourth-order valence-electron chi connectivity index (χ4n) is 3.71. The summed E-state index contributed by atoms with van der Waals surface area (Å²) in [5, 5.41) is 0.276. The van der Waals surface area contributed by atoms with Crippen LogP contribution in [0.4, 0.5) is 0 Å². The maximum atomic E-state index is 14.4. The van der Waals surface area contributed by atoms with Crippen LogP contribution in [0.15, 0.2) is 60.7 Å². The molecule has 4 heteroatoms. The Morgan fingerprint density at radius 2 is 1.07 bits per heavy atom. The zero-order chi connectivity index (χ0) is 21.3. The normalized spacial score (nSPS) is 13.0. The quantitative estimate of drug-likeness (QED) is 0.498. The van der Waals surface area contributed by atoms with Crippen molar-refractivity contribution in [1.82, 2.24) is 0 Å². The summed E-state index contributed by atoms with van der Waals surface area (Å²) < 4.78 is 14.4. The van der Waals surface area contributed by atoms with Gasteiger partial charge in [0.05, 0.1) is 0 Å². The van der Waals surface area contributed by atoms with Crippen LogP contribution in [0.25, 0.3) is 0 Å². The van der Waals surface area contributed by atoms with Crippen molar-refractivity contribution in [2.75, 3.05) is 0 Å². The molecule has 0 saturated heterocycles. The molecule has 3 nitrogen and oxygen atoms in total. The summed E-state index contributed by atoms with van der Waals surface area (Å²) in [5.74, 6) is 0. The Balaban J connectivity index is 2.33. The van der Waals surface area contributed by atoms with Gasteiger partial charge in [0.1, 0.15) is 0 Å². The number of hydrogen-bond acceptors (Lipinski definition) is 3. The molecule has 0 fully saturated rings. The Labute approximate surface area is 172 Å². The fourth-order valence-corrected chi connectivity index (χ4v) is 6.28. The van der Waals surface area contributed by atoms with E-state index < -0.39 is 18.2 Å². The van der Waals surface area contributed by atoms with E-state index in [-0.39, 0.29) is 5.30 Å². The van der Waals surface area contributed by atoms with Crippen LogP contribution in [0, 0.1) is 34.6 Å². The van der Waals surface area contributed by atoms with E-state index in [1.54, 1.807) is 30.3 Å². The summed E-state index contributed by atoms with van der Waals surface area (Å²) in [4.78, 5) is 27.6. The summed E-state index contributed by atoms with van der Waals surface area (Å²) in [7, 11) is -4.10. The second-order valence-electron chi connectivity index (χ2n) is 7.52. The molecule has 0 aliphatic carbocycles. The molecule has 0 spiro atoms. The molecule has 1 atom stereocenters. The van der Waals surface area contributed by atoms with Gasteiger partial charge in [0.2, 0.25) is 18.2 Å². The van der Waals surface area contributed by atoms with Crippen LogP contribution < -0.4 is 5.30 Å². The van der Waals surface area contributed by atoms with Gasteiger partial charge < -0.3 is 4.57 Å². The van der Waals surface area contributed by atoms with E-state index in [1.807, 2.05) is 65.0 Å². The minimum Gasteiger partial charge on any atom is -0.302 e. The minimum atomic E-state index is -4.10. The van der Waals surface area contributed by atoms with Gasteiger partial charge in [0.25, 0.3) is 0 Å². The molecule has 0 N–H and O–H groups in total. The van der Waals surface area contributed by atoms with Crippen LogP contribution in [-0.2, 0) is 4.57 Å². The second kappa shape index (κ2) is 7.93. The van der Waals surface area contributed by atoms with Crippen LogP contribution >= 0.6 is 7.14 Å². The lowest BCUT2D eigenvalue weighted by Crippen LogP contribution is -2.23. The number of carbonyl (C=O) groups is 2. The molecule has 0 aliphatic heterocycles. The standard InChI is InChI=1S/C25H25O3P/c1-16-14-15-19(4)23(20(16)5)25(27)29(28,21-12-7-6-8-13-21)24(26)22-17(2)10-9-11-18(22)3/h6-15H,1-5H3. The SMILES string of the molecule is Cc1ccc(C)c(C(=O)P(=O)(C(=O)c2c(C)cccc2C)c2ccccc2)c1C. The molecule has 0 aliphatic rings. The highest BCUT2D eigenvalue weighted by atomic mass is 31.2. The monoisotopic (exact) mass is 404 g/mol. The molecule has 0 radical (unpaired) electrons. The van der Waals surface area contributed by atoms with Crippen molar-refractivity contribution >= 4 is 23.5 Å². The van der Waals surface area contributed by atoms with Gasteiger partial charge in [0, 0.05) is 16.4 Å². The minimum absolute atomic E-state index is 0.276. The molecule has 0 aromatic heterocycles. The average Bonchev–Trinajstić information content (AvgIpc) is 2.70.